The number of imidazole rings is 1. The van der Waals surface area contributed by atoms with Crippen LogP contribution in [0.3, 0.4) is 0 Å². The number of phenols is 1. The SMILES string of the molecule is Oc1c(Cl)cc(Cl)cc1/C=N\Nc1nc2ccccc2[nH]1. The van der Waals surface area contributed by atoms with Gasteiger partial charge < -0.3 is 10.1 Å². The molecule has 0 bridgehead atoms. The summed E-state index contributed by atoms with van der Waals surface area (Å²) in [5.41, 5.74) is 4.91. The number of hydrogen-bond donors (Lipinski definition) is 3. The maximum atomic E-state index is 9.80. The van der Waals surface area contributed by atoms with Gasteiger partial charge in [0.1, 0.15) is 5.75 Å². The molecule has 0 saturated carbocycles. The number of benzene rings is 2. The molecule has 0 radical (unpaired) electrons. The lowest BCUT2D eigenvalue weighted by Gasteiger charge is -2.02. The quantitative estimate of drug-likeness (QED) is 0.504. The van der Waals surface area contributed by atoms with Crippen LogP contribution >= 0.6 is 23.2 Å². The summed E-state index contributed by atoms with van der Waals surface area (Å²) in [4.78, 5) is 7.38. The first-order valence-corrected chi connectivity index (χ1v) is 6.81. The van der Waals surface area contributed by atoms with E-state index in [9.17, 15) is 5.11 Å². The number of fused-ring (bicyclic) bond motifs is 1. The maximum absolute atomic E-state index is 9.80. The second-order valence-corrected chi connectivity index (χ2v) is 5.14. The Balaban J connectivity index is 1.81. The number of hydrazone groups is 1. The monoisotopic (exact) mass is 320 g/mol. The largest absolute Gasteiger partial charge is 0.506 e. The fourth-order valence-electron chi connectivity index (χ4n) is 1.85. The first-order valence-electron chi connectivity index (χ1n) is 6.05. The minimum atomic E-state index is -0.0729. The molecule has 0 aliphatic rings. The van der Waals surface area contributed by atoms with E-state index in [2.05, 4.69) is 20.5 Å². The van der Waals surface area contributed by atoms with Gasteiger partial charge in [0.2, 0.25) is 5.95 Å². The highest BCUT2D eigenvalue weighted by atomic mass is 35.5. The van der Waals surface area contributed by atoms with E-state index in [0.717, 1.165) is 11.0 Å². The summed E-state index contributed by atoms with van der Waals surface area (Å²) in [6.07, 6.45) is 1.42. The van der Waals surface area contributed by atoms with E-state index in [-0.39, 0.29) is 10.8 Å². The third-order valence-electron chi connectivity index (χ3n) is 2.82. The van der Waals surface area contributed by atoms with Gasteiger partial charge in [-0.2, -0.15) is 5.10 Å². The van der Waals surface area contributed by atoms with Crippen LogP contribution in [-0.4, -0.2) is 21.3 Å². The van der Waals surface area contributed by atoms with Gasteiger partial charge in [-0.15, -0.1) is 0 Å². The molecule has 7 heteroatoms. The number of halogens is 2. The molecule has 1 aromatic heterocycles. The van der Waals surface area contributed by atoms with E-state index in [4.69, 9.17) is 23.2 Å². The Kier molecular flexibility index (Phi) is 3.68. The molecule has 0 atom stereocenters. The van der Waals surface area contributed by atoms with Crippen LogP contribution < -0.4 is 5.43 Å². The van der Waals surface area contributed by atoms with Crippen LogP contribution in [0.5, 0.6) is 5.75 Å². The number of nitrogens with zero attached hydrogens (tertiary/aromatic N) is 2. The second kappa shape index (κ2) is 5.63. The molecular formula is C14H10Cl2N4O. The molecule has 0 amide bonds. The smallest absolute Gasteiger partial charge is 0.222 e. The summed E-state index contributed by atoms with van der Waals surface area (Å²) in [6, 6.07) is 10.7. The van der Waals surface area contributed by atoms with Crippen molar-refractivity contribution in [1.29, 1.82) is 0 Å². The van der Waals surface area contributed by atoms with Crippen LogP contribution in [0.4, 0.5) is 5.95 Å². The van der Waals surface area contributed by atoms with Gasteiger partial charge in [-0.1, -0.05) is 35.3 Å². The third-order valence-corrected chi connectivity index (χ3v) is 3.33. The van der Waals surface area contributed by atoms with Crippen molar-refractivity contribution >= 4 is 46.4 Å². The van der Waals surface area contributed by atoms with Gasteiger partial charge in [-0.25, -0.2) is 10.4 Å². The van der Waals surface area contributed by atoms with E-state index in [0.29, 0.717) is 16.5 Å². The number of hydrogen-bond acceptors (Lipinski definition) is 4. The average Bonchev–Trinajstić information content (AvgIpc) is 2.86. The van der Waals surface area contributed by atoms with Gasteiger partial charge in [0.25, 0.3) is 0 Å². The van der Waals surface area contributed by atoms with E-state index >= 15 is 0 Å². The van der Waals surface area contributed by atoms with Gasteiger partial charge in [0.15, 0.2) is 0 Å². The van der Waals surface area contributed by atoms with Crippen LogP contribution in [0.25, 0.3) is 11.0 Å². The Hall–Kier alpha value is -2.24. The standard InChI is InChI=1S/C14H10Cl2N4O/c15-9-5-8(13(21)10(16)6-9)7-17-20-14-18-11-3-1-2-4-12(11)19-14/h1-7,21H,(H2,18,19,20)/b17-7-. The molecule has 3 aromatic rings. The molecule has 106 valence electrons. The highest BCUT2D eigenvalue weighted by molar-refractivity contribution is 6.36. The number of aromatic hydroxyl groups is 1. The molecule has 0 fully saturated rings. The molecule has 21 heavy (non-hydrogen) atoms. The molecular weight excluding hydrogens is 311 g/mol. The molecule has 0 spiro atoms. The predicted octanol–water partition coefficient (Wildman–Crippen LogP) is 4.02. The number of rotatable bonds is 3. The highest BCUT2D eigenvalue weighted by Gasteiger charge is 2.06. The third kappa shape index (κ3) is 2.94. The van der Waals surface area contributed by atoms with Crippen molar-refractivity contribution in [2.75, 3.05) is 5.43 Å². The van der Waals surface area contributed by atoms with Crippen LogP contribution in [0.2, 0.25) is 10.0 Å². The van der Waals surface area contributed by atoms with Crippen molar-refractivity contribution in [3.05, 3.63) is 52.0 Å². The number of aromatic nitrogens is 2. The summed E-state index contributed by atoms with van der Waals surface area (Å²) in [5, 5.41) is 14.4. The zero-order chi connectivity index (χ0) is 14.8. The van der Waals surface area contributed by atoms with E-state index in [1.54, 1.807) is 6.07 Å². The fraction of sp³-hybridized carbons (Fsp3) is 0. The second-order valence-electron chi connectivity index (χ2n) is 4.30. The molecule has 5 nitrogen and oxygen atoms in total. The van der Waals surface area contributed by atoms with Crippen molar-refractivity contribution < 1.29 is 5.11 Å². The molecule has 0 aliphatic carbocycles. The van der Waals surface area contributed by atoms with Crippen LogP contribution in [0.15, 0.2) is 41.5 Å². The number of H-pyrrole nitrogens is 1. The molecule has 0 saturated heterocycles. The van der Waals surface area contributed by atoms with Gasteiger partial charge in [-0.3, -0.25) is 0 Å². The predicted molar refractivity (Wildman–Crippen MR) is 85.4 cm³/mol. The van der Waals surface area contributed by atoms with E-state index < -0.39 is 0 Å². The van der Waals surface area contributed by atoms with Crippen molar-refractivity contribution in [1.82, 2.24) is 9.97 Å². The molecule has 3 N–H and O–H groups in total. The normalized spacial score (nSPS) is 11.3. The number of anilines is 1. The van der Waals surface area contributed by atoms with E-state index in [1.807, 2.05) is 24.3 Å². The van der Waals surface area contributed by atoms with Crippen molar-refractivity contribution in [3.63, 3.8) is 0 Å². The summed E-state index contributed by atoms with van der Waals surface area (Å²) < 4.78 is 0. The Morgan fingerprint density at radius 1 is 1.24 bits per heavy atom. The first kappa shape index (κ1) is 13.7. The zero-order valence-corrected chi connectivity index (χ0v) is 12.2. The molecule has 2 aromatic carbocycles. The Morgan fingerprint density at radius 2 is 2.05 bits per heavy atom. The van der Waals surface area contributed by atoms with Crippen LogP contribution in [-0.2, 0) is 0 Å². The van der Waals surface area contributed by atoms with Gasteiger partial charge in [0.05, 0.1) is 22.3 Å². The van der Waals surface area contributed by atoms with Gasteiger partial charge in [0, 0.05) is 10.6 Å². The lowest BCUT2D eigenvalue weighted by Crippen LogP contribution is -1.93. The zero-order valence-electron chi connectivity index (χ0n) is 10.6. The minimum Gasteiger partial charge on any atom is -0.506 e. The Morgan fingerprint density at radius 3 is 2.86 bits per heavy atom. The topological polar surface area (TPSA) is 73.3 Å². The minimum absolute atomic E-state index is 0.0729. The molecule has 3 rings (SSSR count). The molecule has 0 unspecified atom stereocenters. The summed E-state index contributed by atoms with van der Waals surface area (Å²) >= 11 is 11.7. The fourth-order valence-corrected chi connectivity index (χ4v) is 2.36. The molecule has 1 heterocycles. The number of para-hydroxylation sites is 2. The molecule has 0 aliphatic heterocycles. The first-order chi connectivity index (χ1) is 10.1. The average molecular weight is 321 g/mol. The van der Waals surface area contributed by atoms with Crippen molar-refractivity contribution in [3.8, 4) is 5.75 Å². The van der Waals surface area contributed by atoms with Crippen molar-refractivity contribution in [2.45, 2.75) is 0 Å². The number of aromatic amines is 1. The Bertz CT molecular complexity index is 796. The van der Waals surface area contributed by atoms with E-state index in [1.165, 1.54) is 12.3 Å². The number of nitrogens with one attached hydrogen (secondary N) is 2. The van der Waals surface area contributed by atoms with Crippen molar-refractivity contribution in [2.24, 2.45) is 5.10 Å². The van der Waals surface area contributed by atoms with Gasteiger partial charge in [-0.05, 0) is 24.3 Å². The number of phenolic OH excluding ortho intramolecular Hbond substituents is 1. The highest BCUT2D eigenvalue weighted by Crippen LogP contribution is 2.30. The summed E-state index contributed by atoms with van der Waals surface area (Å²) in [5.74, 6) is 0.427. The maximum Gasteiger partial charge on any atom is 0.222 e. The summed E-state index contributed by atoms with van der Waals surface area (Å²) in [7, 11) is 0. The lowest BCUT2D eigenvalue weighted by atomic mass is 10.2. The Labute approximate surface area is 130 Å². The lowest BCUT2D eigenvalue weighted by molar-refractivity contribution is 0.475. The summed E-state index contributed by atoms with van der Waals surface area (Å²) in [6.45, 7) is 0. The van der Waals surface area contributed by atoms with Crippen LogP contribution in [0, 0.1) is 0 Å². The van der Waals surface area contributed by atoms with Gasteiger partial charge >= 0.3 is 0 Å². The van der Waals surface area contributed by atoms with Crippen LogP contribution in [0.1, 0.15) is 5.56 Å².